The fourth-order valence-electron chi connectivity index (χ4n) is 3.32. The molecule has 1 aromatic heterocycles. The van der Waals surface area contributed by atoms with Crippen LogP contribution in [0.3, 0.4) is 0 Å². The van der Waals surface area contributed by atoms with Crippen LogP contribution in [0.25, 0.3) is 11.0 Å². The second-order valence-corrected chi connectivity index (χ2v) is 6.57. The van der Waals surface area contributed by atoms with E-state index in [-0.39, 0.29) is 11.8 Å². The zero-order valence-corrected chi connectivity index (χ0v) is 14.0. The van der Waals surface area contributed by atoms with E-state index in [4.69, 9.17) is 4.98 Å². The number of carbonyl (C=O) groups is 1. The SMILES string of the molecule is C=CCN1CC(c2nc3ccccc3n2CC(C)CC)CC1=O. The van der Waals surface area contributed by atoms with E-state index in [1.54, 1.807) is 6.08 Å². The number of amides is 1. The number of hydrogen-bond acceptors (Lipinski definition) is 2. The van der Waals surface area contributed by atoms with Gasteiger partial charge in [0.05, 0.1) is 11.0 Å². The van der Waals surface area contributed by atoms with Gasteiger partial charge in [-0.25, -0.2) is 4.98 Å². The normalized spacial score (nSPS) is 19.5. The van der Waals surface area contributed by atoms with Gasteiger partial charge < -0.3 is 9.47 Å². The van der Waals surface area contributed by atoms with Gasteiger partial charge in [-0.15, -0.1) is 6.58 Å². The average molecular weight is 311 g/mol. The lowest BCUT2D eigenvalue weighted by atomic mass is 10.1. The third-order valence-electron chi connectivity index (χ3n) is 4.80. The largest absolute Gasteiger partial charge is 0.338 e. The summed E-state index contributed by atoms with van der Waals surface area (Å²) in [4.78, 5) is 18.9. The zero-order valence-electron chi connectivity index (χ0n) is 14.0. The lowest BCUT2D eigenvalue weighted by Crippen LogP contribution is -2.25. The molecule has 1 aromatic carbocycles. The standard InChI is InChI=1S/C19H25N3O/c1-4-10-21-13-15(11-18(21)23)19-20-16-8-6-7-9-17(16)22(19)12-14(3)5-2/h4,6-9,14-15H,1,5,10-13H2,2-3H3. The molecule has 0 bridgehead atoms. The van der Waals surface area contributed by atoms with E-state index in [1.165, 1.54) is 5.52 Å². The van der Waals surface area contributed by atoms with Crippen LogP contribution in [0.4, 0.5) is 0 Å². The number of aromatic nitrogens is 2. The van der Waals surface area contributed by atoms with E-state index in [0.29, 0.717) is 18.9 Å². The maximum absolute atomic E-state index is 12.2. The van der Waals surface area contributed by atoms with Gasteiger partial charge in [0.25, 0.3) is 0 Å². The van der Waals surface area contributed by atoms with Crippen LogP contribution in [0, 0.1) is 5.92 Å². The molecule has 0 N–H and O–H groups in total. The Labute approximate surface area is 137 Å². The van der Waals surface area contributed by atoms with Crippen LogP contribution in [0.15, 0.2) is 36.9 Å². The first kappa shape index (κ1) is 15.8. The number of likely N-dealkylation sites (tertiary alicyclic amines) is 1. The number of carbonyl (C=O) groups excluding carboxylic acids is 1. The second-order valence-electron chi connectivity index (χ2n) is 6.57. The monoisotopic (exact) mass is 311 g/mol. The number of rotatable bonds is 6. The van der Waals surface area contributed by atoms with Crippen LogP contribution in [0.1, 0.15) is 38.4 Å². The molecule has 0 radical (unpaired) electrons. The summed E-state index contributed by atoms with van der Waals surface area (Å²) in [5.74, 6) is 2.04. The third-order valence-corrected chi connectivity index (χ3v) is 4.80. The predicted molar refractivity (Wildman–Crippen MR) is 93.3 cm³/mol. The van der Waals surface area contributed by atoms with Gasteiger partial charge in [0.15, 0.2) is 0 Å². The molecule has 3 rings (SSSR count). The quantitative estimate of drug-likeness (QED) is 0.765. The molecule has 2 atom stereocenters. The van der Waals surface area contributed by atoms with Gasteiger partial charge in [-0.05, 0) is 18.1 Å². The zero-order chi connectivity index (χ0) is 16.4. The Hall–Kier alpha value is -2.10. The Bertz CT molecular complexity index is 718. The molecule has 1 amide bonds. The number of benzene rings is 1. The Kier molecular flexibility index (Phi) is 4.51. The molecule has 1 fully saturated rings. The van der Waals surface area contributed by atoms with Crippen molar-refractivity contribution in [3.63, 3.8) is 0 Å². The van der Waals surface area contributed by atoms with E-state index in [9.17, 15) is 4.79 Å². The Morgan fingerprint density at radius 3 is 2.96 bits per heavy atom. The lowest BCUT2D eigenvalue weighted by molar-refractivity contribution is -0.127. The van der Waals surface area contributed by atoms with E-state index in [1.807, 2.05) is 11.0 Å². The topological polar surface area (TPSA) is 38.1 Å². The molecule has 1 saturated heterocycles. The van der Waals surface area contributed by atoms with E-state index in [0.717, 1.165) is 30.9 Å². The smallest absolute Gasteiger partial charge is 0.223 e. The van der Waals surface area contributed by atoms with Crippen molar-refractivity contribution < 1.29 is 4.79 Å². The summed E-state index contributed by atoms with van der Waals surface area (Å²) in [6, 6.07) is 8.28. The molecule has 2 unspecified atom stereocenters. The molecule has 122 valence electrons. The van der Waals surface area contributed by atoms with Crippen LogP contribution in [0.5, 0.6) is 0 Å². The Balaban J connectivity index is 1.98. The van der Waals surface area contributed by atoms with Crippen molar-refractivity contribution in [2.45, 2.75) is 39.2 Å². The van der Waals surface area contributed by atoms with Gasteiger partial charge in [-0.2, -0.15) is 0 Å². The molecule has 2 aromatic rings. The summed E-state index contributed by atoms with van der Waals surface area (Å²) in [5.41, 5.74) is 2.21. The minimum absolute atomic E-state index is 0.180. The van der Waals surface area contributed by atoms with Gasteiger partial charge in [0.1, 0.15) is 5.82 Å². The van der Waals surface area contributed by atoms with Crippen molar-refractivity contribution in [1.82, 2.24) is 14.5 Å². The highest BCUT2D eigenvalue weighted by Crippen LogP contribution is 2.31. The van der Waals surface area contributed by atoms with Crippen LogP contribution in [-0.4, -0.2) is 33.4 Å². The molecule has 2 heterocycles. The van der Waals surface area contributed by atoms with Gasteiger partial charge in [0, 0.05) is 32.0 Å². The Morgan fingerprint density at radius 2 is 2.22 bits per heavy atom. The fourth-order valence-corrected chi connectivity index (χ4v) is 3.32. The summed E-state index contributed by atoms with van der Waals surface area (Å²) in [5, 5.41) is 0. The number of fused-ring (bicyclic) bond motifs is 1. The number of hydrogen-bond donors (Lipinski definition) is 0. The van der Waals surface area contributed by atoms with Crippen molar-refractivity contribution in [3.05, 3.63) is 42.7 Å². The van der Waals surface area contributed by atoms with Gasteiger partial charge in [-0.3, -0.25) is 4.79 Å². The molecule has 1 aliphatic heterocycles. The molecule has 0 spiro atoms. The molecule has 0 saturated carbocycles. The number of para-hydroxylation sites is 2. The third kappa shape index (κ3) is 3.03. The van der Waals surface area contributed by atoms with Crippen LogP contribution in [-0.2, 0) is 11.3 Å². The average Bonchev–Trinajstić information content (AvgIpc) is 3.09. The van der Waals surface area contributed by atoms with E-state index < -0.39 is 0 Å². The second kappa shape index (κ2) is 6.57. The summed E-state index contributed by atoms with van der Waals surface area (Å²) < 4.78 is 2.33. The maximum Gasteiger partial charge on any atom is 0.223 e. The molecule has 4 heteroatoms. The minimum Gasteiger partial charge on any atom is -0.338 e. The van der Waals surface area contributed by atoms with Gasteiger partial charge in [-0.1, -0.05) is 38.5 Å². The van der Waals surface area contributed by atoms with Crippen molar-refractivity contribution >= 4 is 16.9 Å². The number of nitrogens with zero attached hydrogens (tertiary/aromatic N) is 3. The van der Waals surface area contributed by atoms with Gasteiger partial charge >= 0.3 is 0 Å². The molecular weight excluding hydrogens is 286 g/mol. The van der Waals surface area contributed by atoms with Crippen LogP contribution < -0.4 is 0 Å². The predicted octanol–water partition coefficient (Wildman–Crippen LogP) is 3.58. The molecule has 1 aliphatic rings. The molecule has 4 nitrogen and oxygen atoms in total. The van der Waals surface area contributed by atoms with Crippen molar-refractivity contribution in [1.29, 1.82) is 0 Å². The van der Waals surface area contributed by atoms with E-state index >= 15 is 0 Å². The van der Waals surface area contributed by atoms with Crippen LogP contribution >= 0.6 is 0 Å². The highest BCUT2D eigenvalue weighted by molar-refractivity contribution is 5.81. The fraction of sp³-hybridized carbons (Fsp3) is 0.474. The number of imidazole rings is 1. The summed E-state index contributed by atoms with van der Waals surface area (Å²) in [6.45, 7) is 10.6. The van der Waals surface area contributed by atoms with Crippen molar-refractivity contribution in [2.24, 2.45) is 5.92 Å². The summed E-state index contributed by atoms with van der Waals surface area (Å²) in [7, 11) is 0. The summed E-state index contributed by atoms with van der Waals surface area (Å²) >= 11 is 0. The van der Waals surface area contributed by atoms with Crippen molar-refractivity contribution in [2.75, 3.05) is 13.1 Å². The minimum atomic E-state index is 0.180. The first-order valence-electron chi connectivity index (χ1n) is 8.47. The van der Waals surface area contributed by atoms with E-state index in [2.05, 4.69) is 43.2 Å². The maximum atomic E-state index is 12.2. The Morgan fingerprint density at radius 1 is 1.43 bits per heavy atom. The first-order valence-corrected chi connectivity index (χ1v) is 8.47. The van der Waals surface area contributed by atoms with Gasteiger partial charge in [0.2, 0.25) is 5.91 Å². The molecular formula is C19H25N3O. The molecule has 23 heavy (non-hydrogen) atoms. The molecule has 0 aliphatic carbocycles. The summed E-state index contributed by atoms with van der Waals surface area (Å²) in [6.07, 6.45) is 3.48. The van der Waals surface area contributed by atoms with Crippen LogP contribution in [0.2, 0.25) is 0 Å². The highest BCUT2D eigenvalue weighted by atomic mass is 16.2. The van der Waals surface area contributed by atoms with Crippen molar-refractivity contribution in [3.8, 4) is 0 Å². The lowest BCUT2D eigenvalue weighted by Gasteiger charge is -2.17. The highest BCUT2D eigenvalue weighted by Gasteiger charge is 2.33. The first-order chi connectivity index (χ1) is 11.1.